The van der Waals surface area contributed by atoms with E-state index in [-0.39, 0.29) is 24.4 Å². The standard InChI is InChI=1S/C21H23BrN2O2S/c22-15-8-9-17-16(12-15)21(18-6-3-11-27-18)24(13-19(25)23-17)20(26)10-7-14-4-1-2-5-14/h3,6,8-9,11-12,14,21H,1-2,4-5,7,10,13H2,(H,23,25). The van der Waals surface area contributed by atoms with E-state index in [1.807, 2.05) is 35.7 Å². The average molecular weight is 447 g/mol. The number of benzene rings is 1. The molecule has 142 valence electrons. The van der Waals surface area contributed by atoms with Crippen LogP contribution in [0.15, 0.2) is 40.2 Å². The molecule has 1 aromatic carbocycles. The molecule has 4 rings (SSSR count). The molecule has 1 atom stereocenters. The number of anilines is 1. The Bertz CT molecular complexity index is 831. The molecular formula is C21H23BrN2O2S. The number of rotatable bonds is 4. The SMILES string of the molecule is O=C1CN(C(=O)CCC2CCCC2)C(c2cccs2)c2cc(Br)ccc2N1. The maximum atomic E-state index is 13.2. The molecule has 1 fully saturated rings. The molecule has 4 nitrogen and oxygen atoms in total. The van der Waals surface area contributed by atoms with Gasteiger partial charge in [-0.15, -0.1) is 11.3 Å². The van der Waals surface area contributed by atoms with E-state index < -0.39 is 0 Å². The molecule has 27 heavy (non-hydrogen) atoms. The second-order valence-corrected chi connectivity index (χ2v) is 9.30. The van der Waals surface area contributed by atoms with Gasteiger partial charge in [-0.1, -0.05) is 47.7 Å². The molecule has 2 aromatic rings. The molecule has 1 saturated carbocycles. The number of amides is 2. The molecule has 1 N–H and O–H groups in total. The Labute approximate surface area is 172 Å². The van der Waals surface area contributed by atoms with Gasteiger partial charge >= 0.3 is 0 Å². The minimum Gasteiger partial charge on any atom is -0.324 e. The molecule has 0 spiro atoms. The van der Waals surface area contributed by atoms with Crippen LogP contribution in [0.5, 0.6) is 0 Å². The van der Waals surface area contributed by atoms with Gasteiger partial charge in [0.2, 0.25) is 11.8 Å². The quantitative estimate of drug-likeness (QED) is 0.687. The second kappa shape index (κ2) is 8.15. The van der Waals surface area contributed by atoms with Crippen LogP contribution in [0.2, 0.25) is 0 Å². The zero-order valence-corrected chi connectivity index (χ0v) is 17.5. The minimum atomic E-state index is -0.229. The first-order valence-electron chi connectivity index (χ1n) is 9.54. The van der Waals surface area contributed by atoms with E-state index in [0.717, 1.165) is 27.0 Å². The fraction of sp³-hybridized carbons (Fsp3) is 0.429. The summed E-state index contributed by atoms with van der Waals surface area (Å²) in [5.41, 5.74) is 1.75. The fourth-order valence-corrected chi connectivity index (χ4v) is 5.47. The van der Waals surface area contributed by atoms with Crippen LogP contribution in [-0.4, -0.2) is 23.3 Å². The molecule has 1 aliphatic heterocycles. The minimum absolute atomic E-state index is 0.0725. The van der Waals surface area contributed by atoms with Crippen molar-refractivity contribution in [1.82, 2.24) is 4.90 Å². The molecule has 1 unspecified atom stereocenters. The van der Waals surface area contributed by atoms with Crippen molar-refractivity contribution >= 4 is 44.8 Å². The Kier molecular flexibility index (Phi) is 5.64. The van der Waals surface area contributed by atoms with Crippen LogP contribution in [-0.2, 0) is 9.59 Å². The van der Waals surface area contributed by atoms with Crippen molar-refractivity contribution in [3.05, 3.63) is 50.6 Å². The summed E-state index contributed by atoms with van der Waals surface area (Å²) in [5, 5.41) is 5.00. The topological polar surface area (TPSA) is 49.4 Å². The van der Waals surface area contributed by atoms with E-state index in [4.69, 9.17) is 0 Å². The predicted molar refractivity (Wildman–Crippen MR) is 112 cm³/mol. The van der Waals surface area contributed by atoms with Crippen molar-refractivity contribution in [1.29, 1.82) is 0 Å². The number of nitrogens with zero attached hydrogens (tertiary/aromatic N) is 1. The lowest BCUT2D eigenvalue weighted by Gasteiger charge is -2.30. The molecule has 0 bridgehead atoms. The molecule has 0 radical (unpaired) electrons. The normalized spacial score (nSPS) is 20.3. The monoisotopic (exact) mass is 446 g/mol. The van der Waals surface area contributed by atoms with Crippen LogP contribution in [0.25, 0.3) is 0 Å². The van der Waals surface area contributed by atoms with Crippen molar-refractivity contribution in [3.63, 3.8) is 0 Å². The summed E-state index contributed by atoms with van der Waals surface area (Å²) in [5.74, 6) is 0.603. The lowest BCUT2D eigenvalue weighted by Crippen LogP contribution is -2.38. The van der Waals surface area contributed by atoms with E-state index in [1.54, 1.807) is 16.2 Å². The maximum Gasteiger partial charge on any atom is 0.244 e. The first-order chi connectivity index (χ1) is 13.1. The number of thiophene rings is 1. The van der Waals surface area contributed by atoms with Gasteiger partial charge in [0.15, 0.2) is 0 Å². The van der Waals surface area contributed by atoms with Gasteiger partial charge in [-0.25, -0.2) is 0 Å². The van der Waals surface area contributed by atoms with Gasteiger partial charge in [-0.05, 0) is 42.0 Å². The van der Waals surface area contributed by atoms with Gasteiger partial charge < -0.3 is 10.2 Å². The average Bonchev–Trinajstić information content (AvgIpc) is 3.33. The van der Waals surface area contributed by atoms with E-state index in [2.05, 4.69) is 21.2 Å². The first-order valence-corrected chi connectivity index (χ1v) is 11.2. The molecule has 0 saturated heterocycles. The summed E-state index contributed by atoms with van der Waals surface area (Å²) >= 11 is 5.17. The summed E-state index contributed by atoms with van der Waals surface area (Å²) in [6.07, 6.45) is 6.48. The van der Waals surface area contributed by atoms with Crippen LogP contribution >= 0.6 is 27.3 Å². The highest BCUT2D eigenvalue weighted by atomic mass is 79.9. The molecule has 1 aromatic heterocycles. The Morgan fingerprint density at radius 3 is 2.81 bits per heavy atom. The molecule has 6 heteroatoms. The smallest absolute Gasteiger partial charge is 0.244 e. The lowest BCUT2D eigenvalue weighted by atomic mass is 9.99. The van der Waals surface area contributed by atoms with Gasteiger partial charge in [0.25, 0.3) is 0 Å². The van der Waals surface area contributed by atoms with Gasteiger partial charge in [0, 0.05) is 27.0 Å². The third-order valence-corrected chi connectivity index (χ3v) is 7.00. The summed E-state index contributed by atoms with van der Waals surface area (Å²) < 4.78 is 0.942. The van der Waals surface area contributed by atoms with Crippen molar-refractivity contribution in [2.45, 2.75) is 44.6 Å². The van der Waals surface area contributed by atoms with Crippen molar-refractivity contribution in [3.8, 4) is 0 Å². The van der Waals surface area contributed by atoms with E-state index in [1.165, 1.54) is 25.7 Å². The van der Waals surface area contributed by atoms with Crippen molar-refractivity contribution < 1.29 is 9.59 Å². The number of halogens is 1. The number of carbonyl (C=O) groups is 2. The zero-order chi connectivity index (χ0) is 18.8. The predicted octanol–water partition coefficient (Wildman–Crippen LogP) is 5.35. The number of hydrogen-bond acceptors (Lipinski definition) is 3. The number of carbonyl (C=O) groups excluding carboxylic acids is 2. The highest BCUT2D eigenvalue weighted by Gasteiger charge is 2.34. The summed E-state index contributed by atoms with van der Waals surface area (Å²) in [6.45, 7) is 0.0956. The van der Waals surface area contributed by atoms with Crippen molar-refractivity contribution in [2.24, 2.45) is 5.92 Å². The molecule has 2 heterocycles. The zero-order valence-electron chi connectivity index (χ0n) is 15.1. The van der Waals surface area contributed by atoms with Crippen molar-refractivity contribution in [2.75, 3.05) is 11.9 Å². The lowest BCUT2D eigenvalue weighted by molar-refractivity contribution is -0.136. The van der Waals surface area contributed by atoms with Gasteiger partial charge in [-0.3, -0.25) is 9.59 Å². The van der Waals surface area contributed by atoms with Gasteiger partial charge in [0.1, 0.15) is 6.54 Å². The van der Waals surface area contributed by atoms with Crippen LogP contribution in [0, 0.1) is 5.92 Å². The second-order valence-electron chi connectivity index (χ2n) is 7.41. The summed E-state index contributed by atoms with van der Waals surface area (Å²) in [6, 6.07) is 9.66. The third kappa shape index (κ3) is 4.11. The van der Waals surface area contributed by atoms with Gasteiger partial charge in [0.05, 0.1) is 6.04 Å². The van der Waals surface area contributed by atoms with E-state index >= 15 is 0 Å². The number of hydrogen-bond donors (Lipinski definition) is 1. The Morgan fingerprint density at radius 1 is 1.26 bits per heavy atom. The fourth-order valence-electron chi connectivity index (χ4n) is 4.23. The first kappa shape index (κ1) is 18.7. The van der Waals surface area contributed by atoms with E-state index in [0.29, 0.717) is 12.3 Å². The van der Waals surface area contributed by atoms with Crippen LogP contribution in [0.1, 0.15) is 55.0 Å². The van der Waals surface area contributed by atoms with Crippen LogP contribution < -0.4 is 5.32 Å². The molecule has 2 aliphatic rings. The van der Waals surface area contributed by atoms with Crippen LogP contribution in [0.3, 0.4) is 0 Å². The number of nitrogens with one attached hydrogen (secondary N) is 1. The largest absolute Gasteiger partial charge is 0.324 e. The Hall–Kier alpha value is -1.66. The Morgan fingerprint density at radius 2 is 2.07 bits per heavy atom. The Balaban J connectivity index is 1.67. The molecule has 1 aliphatic carbocycles. The molecular weight excluding hydrogens is 424 g/mol. The summed E-state index contributed by atoms with van der Waals surface area (Å²) in [4.78, 5) is 28.6. The third-order valence-electron chi connectivity index (χ3n) is 5.58. The highest BCUT2D eigenvalue weighted by Crippen LogP contribution is 2.39. The maximum absolute atomic E-state index is 13.2. The molecule has 2 amide bonds. The number of fused-ring (bicyclic) bond motifs is 1. The van der Waals surface area contributed by atoms with Gasteiger partial charge in [-0.2, -0.15) is 0 Å². The highest BCUT2D eigenvalue weighted by molar-refractivity contribution is 9.10. The van der Waals surface area contributed by atoms with E-state index in [9.17, 15) is 9.59 Å². The summed E-state index contributed by atoms with van der Waals surface area (Å²) in [7, 11) is 0. The van der Waals surface area contributed by atoms with Crippen LogP contribution in [0.4, 0.5) is 5.69 Å².